The van der Waals surface area contributed by atoms with Crippen LogP contribution in [0.25, 0.3) is 0 Å². The van der Waals surface area contributed by atoms with E-state index in [1.165, 1.54) is 0 Å². The summed E-state index contributed by atoms with van der Waals surface area (Å²) in [4.78, 5) is 11.6. The van der Waals surface area contributed by atoms with Gasteiger partial charge in [0.15, 0.2) is 0 Å². The van der Waals surface area contributed by atoms with Gasteiger partial charge in [-0.05, 0) is 12.1 Å². The Balaban J connectivity index is 2.88. The summed E-state index contributed by atoms with van der Waals surface area (Å²) < 4.78 is 0. The summed E-state index contributed by atoms with van der Waals surface area (Å²) in [6.45, 7) is 0. The molecule has 0 bridgehead atoms. The normalized spacial score (nSPS) is 9.42. The van der Waals surface area contributed by atoms with Crippen LogP contribution in [0.1, 0.15) is 0 Å². The Kier molecular flexibility index (Phi) is 2.94. The number of hydrogen-bond acceptors (Lipinski definition) is 1. The monoisotopic (exact) mass is 185 g/mol. The Morgan fingerprint density at radius 1 is 1.42 bits per heavy atom. The number of carboxylic acid groups (broad SMARTS) is 1. The Bertz CT molecular complexity index is 263. The van der Waals surface area contributed by atoms with Crippen LogP contribution >= 0.6 is 11.6 Å². The average Bonchev–Trinajstić information content (AvgIpc) is 2.07. The van der Waals surface area contributed by atoms with E-state index < -0.39 is 6.09 Å². The zero-order valence-corrected chi connectivity index (χ0v) is 7.03. The first-order valence-corrected chi connectivity index (χ1v) is 3.90. The molecule has 0 aliphatic heterocycles. The van der Waals surface area contributed by atoms with Crippen LogP contribution in [0, 0.1) is 0 Å². The van der Waals surface area contributed by atoms with E-state index in [9.17, 15) is 4.79 Å². The minimum atomic E-state index is -1.05. The van der Waals surface area contributed by atoms with Gasteiger partial charge in [-0.15, -0.1) is 11.6 Å². The van der Waals surface area contributed by atoms with Gasteiger partial charge in [-0.1, -0.05) is 18.2 Å². The summed E-state index contributed by atoms with van der Waals surface area (Å²) >= 11 is 5.44. The SMILES string of the molecule is O=C(O)N(CCl)c1ccccc1. The predicted molar refractivity (Wildman–Crippen MR) is 47.7 cm³/mol. The van der Waals surface area contributed by atoms with Gasteiger partial charge < -0.3 is 5.11 Å². The zero-order valence-electron chi connectivity index (χ0n) is 6.27. The number of benzene rings is 1. The molecule has 12 heavy (non-hydrogen) atoms. The molecule has 3 nitrogen and oxygen atoms in total. The van der Waals surface area contributed by atoms with E-state index in [0.717, 1.165) is 4.90 Å². The Morgan fingerprint density at radius 3 is 2.42 bits per heavy atom. The fourth-order valence-corrected chi connectivity index (χ4v) is 1.08. The van der Waals surface area contributed by atoms with Crippen molar-refractivity contribution in [2.75, 3.05) is 10.9 Å². The summed E-state index contributed by atoms with van der Waals surface area (Å²) in [7, 11) is 0. The number of para-hydroxylation sites is 1. The van der Waals surface area contributed by atoms with E-state index in [4.69, 9.17) is 16.7 Å². The zero-order chi connectivity index (χ0) is 8.97. The van der Waals surface area contributed by atoms with Gasteiger partial charge in [-0.2, -0.15) is 0 Å². The summed E-state index contributed by atoms with van der Waals surface area (Å²) in [6.07, 6.45) is -1.05. The first kappa shape index (κ1) is 8.87. The molecule has 0 aliphatic rings. The third-order valence-corrected chi connectivity index (χ3v) is 1.66. The third-order valence-electron chi connectivity index (χ3n) is 1.42. The van der Waals surface area contributed by atoms with Gasteiger partial charge in [0.05, 0.1) is 0 Å². The number of nitrogens with zero attached hydrogens (tertiary/aromatic N) is 1. The lowest BCUT2D eigenvalue weighted by molar-refractivity contribution is 0.203. The first-order valence-electron chi connectivity index (χ1n) is 3.37. The van der Waals surface area contributed by atoms with E-state index in [0.29, 0.717) is 5.69 Å². The van der Waals surface area contributed by atoms with E-state index >= 15 is 0 Å². The van der Waals surface area contributed by atoms with Crippen molar-refractivity contribution in [1.29, 1.82) is 0 Å². The molecule has 0 aromatic heterocycles. The number of halogens is 1. The summed E-state index contributed by atoms with van der Waals surface area (Å²) in [6, 6.07) is 8.67. The van der Waals surface area contributed by atoms with Gasteiger partial charge in [-0.3, -0.25) is 4.90 Å². The Labute approximate surface area is 75.2 Å². The maximum atomic E-state index is 10.6. The van der Waals surface area contributed by atoms with Crippen molar-refractivity contribution in [1.82, 2.24) is 0 Å². The largest absolute Gasteiger partial charge is 0.465 e. The molecule has 64 valence electrons. The van der Waals surface area contributed by atoms with E-state index in [1.807, 2.05) is 6.07 Å². The first-order chi connectivity index (χ1) is 5.75. The van der Waals surface area contributed by atoms with Crippen LogP contribution in [-0.4, -0.2) is 17.2 Å². The molecule has 0 aliphatic carbocycles. The molecule has 0 saturated heterocycles. The molecule has 0 heterocycles. The Morgan fingerprint density at radius 2 is 2.00 bits per heavy atom. The summed E-state index contributed by atoms with van der Waals surface area (Å²) in [5.74, 6) is 0. The third kappa shape index (κ3) is 1.89. The van der Waals surface area contributed by atoms with Gasteiger partial charge in [0.25, 0.3) is 0 Å². The number of anilines is 1. The van der Waals surface area contributed by atoms with Crippen molar-refractivity contribution in [3.05, 3.63) is 30.3 Å². The molecule has 0 spiro atoms. The second kappa shape index (κ2) is 3.97. The van der Waals surface area contributed by atoms with Gasteiger partial charge in [0.2, 0.25) is 0 Å². The fraction of sp³-hybridized carbons (Fsp3) is 0.125. The van der Waals surface area contributed by atoms with Crippen molar-refractivity contribution < 1.29 is 9.90 Å². The lowest BCUT2D eigenvalue weighted by Gasteiger charge is -2.14. The van der Waals surface area contributed by atoms with Gasteiger partial charge in [-0.25, -0.2) is 4.79 Å². The second-order valence-corrected chi connectivity index (χ2v) is 2.40. The van der Waals surface area contributed by atoms with Crippen LogP contribution in [-0.2, 0) is 0 Å². The minimum Gasteiger partial charge on any atom is -0.465 e. The molecule has 1 aromatic rings. The molecule has 0 radical (unpaired) electrons. The molecule has 1 rings (SSSR count). The van der Waals surface area contributed by atoms with Crippen molar-refractivity contribution in [2.45, 2.75) is 0 Å². The highest BCUT2D eigenvalue weighted by Gasteiger charge is 2.10. The smallest absolute Gasteiger partial charge is 0.412 e. The van der Waals surface area contributed by atoms with Gasteiger partial charge >= 0.3 is 6.09 Å². The second-order valence-electron chi connectivity index (χ2n) is 2.17. The fourth-order valence-electron chi connectivity index (χ4n) is 0.839. The highest BCUT2D eigenvalue weighted by Crippen LogP contribution is 2.13. The van der Waals surface area contributed by atoms with E-state index in [2.05, 4.69) is 0 Å². The molecule has 0 unspecified atom stereocenters. The molecule has 4 heteroatoms. The van der Waals surface area contributed by atoms with E-state index in [-0.39, 0.29) is 6.00 Å². The van der Waals surface area contributed by atoms with Crippen LogP contribution < -0.4 is 4.90 Å². The van der Waals surface area contributed by atoms with Crippen molar-refractivity contribution >= 4 is 23.4 Å². The number of amides is 1. The Hall–Kier alpha value is -1.22. The number of rotatable bonds is 2. The van der Waals surface area contributed by atoms with Crippen LogP contribution in [0.3, 0.4) is 0 Å². The highest BCUT2D eigenvalue weighted by molar-refractivity contribution is 6.20. The minimum absolute atomic E-state index is 0.0562. The maximum Gasteiger partial charge on any atom is 0.412 e. The van der Waals surface area contributed by atoms with Crippen molar-refractivity contribution in [3.8, 4) is 0 Å². The van der Waals surface area contributed by atoms with Crippen LogP contribution in [0.2, 0.25) is 0 Å². The predicted octanol–water partition coefficient (Wildman–Crippen LogP) is 2.37. The number of carbonyl (C=O) groups is 1. The highest BCUT2D eigenvalue weighted by atomic mass is 35.5. The van der Waals surface area contributed by atoms with E-state index in [1.54, 1.807) is 24.3 Å². The topological polar surface area (TPSA) is 40.5 Å². The molecule has 0 fully saturated rings. The molecular formula is C8H8ClNO2. The molecule has 0 atom stereocenters. The lowest BCUT2D eigenvalue weighted by atomic mass is 10.3. The lowest BCUT2D eigenvalue weighted by Crippen LogP contribution is -2.27. The quantitative estimate of drug-likeness (QED) is 0.568. The summed E-state index contributed by atoms with van der Waals surface area (Å²) in [5.41, 5.74) is 0.583. The van der Waals surface area contributed by atoms with Crippen molar-refractivity contribution in [3.63, 3.8) is 0 Å². The van der Waals surface area contributed by atoms with Crippen LogP contribution in [0.5, 0.6) is 0 Å². The maximum absolute atomic E-state index is 10.6. The standard InChI is InChI=1S/C8H8ClNO2/c9-6-10(8(11)12)7-4-2-1-3-5-7/h1-5H,6H2,(H,11,12). The molecule has 0 saturated carbocycles. The van der Waals surface area contributed by atoms with Crippen LogP contribution in [0.15, 0.2) is 30.3 Å². The number of alkyl halides is 1. The molecule has 1 amide bonds. The van der Waals surface area contributed by atoms with Gasteiger partial charge in [0.1, 0.15) is 6.00 Å². The molecule has 1 N–H and O–H groups in total. The van der Waals surface area contributed by atoms with Crippen LogP contribution in [0.4, 0.5) is 10.5 Å². The van der Waals surface area contributed by atoms with Gasteiger partial charge in [0, 0.05) is 5.69 Å². The average molecular weight is 186 g/mol. The molecule has 1 aromatic carbocycles. The van der Waals surface area contributed by atoms with Crippen molar-refractivity contribution in [2.24, 2.45) is 0 Å². The number of hydrogen-bond donors (Lipinski definition) is 1. The summed E-state index contributed by atoms with van der Waals surface area (Å²) in [5, 5.41) is 8.67. The molecular weight excluding hydrogens is 178 g/mol.